The van der Waals surface area contributed by atoms with Gasteiger partial charge in [-0.25, -0.2) is 0 Å². The molecule has 1 atom stereocenters. The summed E-state index contributed by atoms with van der Waals surface area (Å²) in [7, 11) is 1.98. The second-order valence-electron chi connectivity index (χ2n) is 4.72. The number of aromatic nitrogens is 2. The third kappa shape index (κ3) is 3.39. The average molecular weight is 273 g/mol. The number of hydrogen-bond donors (Lipinski definition) is 1. The highest BCUT2D eigenvalue weighted by Crippen LogP contribution is 2.27. The smallest absolute Gasteiger partial charge is 0.124 e. The standard InChI is InChI=1S/C16H23N3O/c1-4-19-12-13(11-18-19)10-15(17-3)14-8-6-7-9-16(14)20-5-2/h6-9,11-12,15,17H,4-5,10H2,1-3H3. The van der Waals surface area contributed by atoms with Crippen LogP contribution in [-0.4, -0.2) is 23.4 Å². The summed E-state index contributed by atoms with van der Waals surface area (Å²) < 4.78 is 7.68. The van der Waals surface area contributed by atoms with Crippen LogP contribution >= 0.6 is 0 Å². The van der Waals surface area contributed by atoms with Gasteiger partial charge in [-0.15, -0.1) is 0 Å². The molecule has 1 aromatic carbocycles. The minimum absolute atomic E-state index is 0.229. The molecule has 1 heterocycles. The molecule has 1 unspecified atom stereocenters. The third-order valence-electron chi connectivity index (χ3n) is 3.39. The van der Waals surface area contributed by atoms with E-state index < -0.39 is 0 Å². The molecule has 1 aromatic heterocycles. The van der Waals surface area contributed by atoms with Gasteiger partial charge < -0.3 is 10.1 Å². The van der Waals surface area contributed by atoms with E-state index in [2.05, 4.69) is 35.7 Å². The zero-order chi connectivity index (χ0) is 14.4. The molecule has 108 valence electrons. The Labute approximate surface area is 120 Å². The van der Waals surface area contributed by atoms with Gasteiger partial charge in [0.05, 0.1) is 12.8 Å². The molecular weight excluding hydrogens is 250 g/mol. The largest absolute Gasteiger partial charge is 0.494 e. The minimum Gasteiger partial charge on any atom is -0.494 e. The van der Waals surface area contributed by atoms with E-state index in [9.17, 15) is 0 Å². The Morgan fingerprint density at radius 2 is 2.10 bits per heavy atom. The molecule has 20 heavy (non-hydrogen) atoms. The molecule has 4 heteroatoms. The molecule has 0 aliphatic rings. The van der Waals surface area contributed by atoms with Crippen LogP contribution < -0.4 is 10.1 Å². The van der Waals surface area contributed by atoms with Crippen molar-refractivity contribution >= 4 is 0 Å². The lowest BCUT2D eigenvalue weighted by molar-refractivity contribution is 0.332. The number of aryl methyl sites for hydroxylation is 1. The van der Waals surface area contributed by atoms with Gasteiger partial charge in [-0.3, -0.25) is 4.68 Å². The molecule has 1 N–H and O–H groups in total. The van der Waals surface area contributed by atoms with Gasteiger partial charge in [0.15, 0.2) is 0 Å². The topological polar surface area (TPSA) is 39.1 Å². The summed E-state index contributed by atoms with van der Waals surface area (Å²) in [6, 6.07) is 8.44. The summed E-state index contributed by atoms with van der Waals surface area (Å²) >= 11 is 0. The molecule has 0 aliphatic carbocycles. The van der Waals surface area contributed by atoms with Gasteiger partial charge in [-0.05, 0) is 38.9 Å². The molecule has 0 bridgehead atoms. The summed E-state index contributed by atoms with van der Waals surface area (Å²) in [4.78, 5) is 0. The fourth-order valence-corrected chi connectivity index (χ4v) is 2.34. The van der Waals surface area contributed by atoms with Crippen molar-refractivity contribution in [1.29, 1.82) is 0 Å². The SMILES string of the molecule is CCOc1ccccc1C(Cc1cnn(CC)c1)NC. The van der Waals surface area contributed by atoms with Crippen molar-refractivity contribution in [1.82, 2.24) is 15.1 Å². The van der Waals surface area contributed by atoms with E-state index in [4.69, 9.17) is 4.74 Å². The summed E-state index contributed by atoms with van der Waals surface area (Å²) in [5.74, 6) is 0.956. The van der Waals surface area contributed by atoms with Gasteiger partial charge >= 0.3 is 0 Å². The first-order valence-corrected chi connectivity index (χ1v) is 7.18. The number of nitrogens with one attached hydrogen (secondary N) is 1. The number of likely N-dealkylation sites (N-methyl/N-ethyl adjacent to an activating group) is 1. The lowest BCUT2D eigenvalue weighted by Gasteiger charge is -2.19. The maximum absolute atomic E-state index is 5.72. The first-order chi connectivity index (χ1) is 9.78. The quantitative estimate of drug-likeness (QED) is 0.843. The molecule has 0 saturated heterocycles. The van der Waals surface area contributed by atoms with Gasteiger partial charge in [0.2, 0.25) is 0 Å². The monoisotopic (exact) mass is 273 g/mol. The first kappa shape index (κ1) is 14.6. The van der Waals surface area contributed by atoms with Crippen LogP contribution in [-0.2, 0) is 13.0 Å². The Morgan fingerprint density at radius 1 is 1.30 bits per heavy atom. The van der Waals surface area contributed by atoms with Crippen molar-refractivity contribution in [3.8, 4) is 5.75 Å². The van der Waals surface area contributed by atoms with E-state index in [0.29, 0.717) is 6.61 Å². The van der Waals surface area contributed by atoms with Crippen LogP contribution in [0.5, 0.6) is 5.75 Å². The molecule has 0 saturated carbocycles. The van der Waals surface area contributed by atoms with Gasteiger partial charge in [-0.1, -0.05) is 18.2 Å². The van der Waals surface area contributed by atoms with E-state index in [-0.39, 0.29) is 6.04 Å². The van der Waals surface area contributed by atoms with Gasteiger partial charge in [0.25, 0.3) is 0 Å². The van der Waals surface area contributed by atoms with Crippen molar-refractivity contribution < 1.29 is 4.74 Å². The second kappa shape index (κ2) is 7.10. The molecule has 4 nitrogen and oxygen atoms in total. The minimum atomic E-state index is 0.229. The lowest BCUT2D eigenvalue weighted by Crippen LogP contribution is -2.19. The molecule has 0 aliphatic heterocycles. The molecule has 2 rings (SSSR count). The van der Waals surface area contributed by atoms with Crippen molar-refractivity contribution in [2.24, 2.45) is 0 Å². The average Bonchev–Trinajstić information content (AvgIpc) is 2.94. The fraction of sp³-hybridized carbons (Fsp3) is 0.438. The second-order valence-corrected chi connectivity index (χ2v) is 4.72. The highest BCUT2D eigenvalue weighted by atomic mass is 16.5. The Bertz CT molecular complexity index is 536. The van der Waals surface area contributed by atoms with Crippen molar-refractivity contribution in [3.05, 3.63) is 47.8 Å². The van der Waals surface area contributed by atoms with Crippen molar-refractivity contribution in [2.75, 3.05) is 13.7 Å². The van der Waals surface area contributed by atoms with Gasteiger partial charge in [0.1, 0.15) is 5.75 Å². The number of nitrogens with zero attached hydrogens (tertiary/aromatic N) is 2. The van der Waals surface area contributed by atoms with Gasteiger partial charge in [-0.2, -0.15) is 5.10 Å². The van der Waals surface area contributed by atoms with Crippen LogP contribution in [0, 0.1) is 0 Å². The number of rotatable bonds is 7. The van der Waals surface area contributed by atoms with E-state index in [1.54, 1.807) is 0 Å². The molecule has 0 fully saturated rings. The number of para-hydroxylation sites is 1. The van der Waals surface area contributed by atoms with Crippen LogP contribution in [0.4, 0.5) is 0 Å². The zero-order valence-electron chi connectivity index (χ0n) is 12.5. The Hall–Kier alpha value is -1.81. The van der Waals surface area contributed by atoms with Crippen LogP contribution in [0.1, 0.15) is 31.0 Å². The number of hydrogen-bond acceptors (Lipinski definition) is 3. The highest BCUT2D eigenvalue weighted by molar-refractivity contribution is 5.36. The highest BCUT2D eigenvalue weighted by Gasteiger charge is 2.15. The normalized spacial score (nSPS) is 12.3. The lowest BCUT2D eigenvalue weighted by atomic mass is 10.00. The third-order valence-corrected chi connectivity index (χ3v) is 3.39. The van der Waals surface area contributed by atoms with E-state index >= 15 is 0 Å². The Kier molecular flexibility index (Phi) is 5.18. The molecule has 0 radical (unpaired) electrons. The van der Waals surface area contributed by atoms with Gasteiger partial charge in [0, 0.05) is 24.3 Å². The Morgan fingerprint density at radius 3 is 2.75 bits per heavy atom. The summed E-state index contributed by atoms with van der Waals surface area (Å²) in [5.41, 5.74) is 2.43. The maximum atomic E-state index is 5.72. The molecule has 0 spiro atoms. The van der Waals surface area contributed by atoms with Crippen LogP contribution in [0.15, 0.2) is 36.7 Å². The predicted molar refractivity (Wildman–Crippen MR) is 81.0 cm³/mol. The first-order valence-electron chi connectivity index (χ1n) is 7.18. The van der Waals surface area contributed by atoms with E-state index in [1.165, 1.54) is 11.1 Å². The molecule has 0 amide bonds. The predicted octanol–water partition coefficient (Wildman–Crippen LogP) is 2.80. The Balaban J connectivity index is 2.19. The van der Waals surface area contributed by atoms with E-state index in [1.807, 2.05) is 37.0 Å². The van der Waals surface area contributed by atoms with Crippen LogP contribution in [0.3, 0.4) is 0 Å². The molecular formula is C16H23N3O. The van der Waals surface area contributed by atoms with E-state index in [0.717, 1.165) is 18.7 Å². The fourth-order valence-electron chi connectivity index (χ4n) is 2.34. The number of benzene rings is 1. The maximum Gasteiger partial charge on any atom is 0.124 e. The molecule has 2 aromatic rings. The van der Waals surface area contributed by atoms with Crippen LogP contribution in [0.25, 0.3) is 0 Å². The van der Waals surface area contributed by atoms with Crippen LogP contribution in [0.2, 0.25) is 0 Å². The zero-order valence-corrected chi connectivity index (χ0v) is 12.5. The summed E-state index contributed by atoms with van der Waals surface area (Å²) in [5, 5.41) is 7.71. The van der Waals surface area contributed by atoms with Crippen molar-refractivity contribution in [2.45, 2.75) is 32.9 Å². The van der Waals surface area contributed by atoms with Crippen molar-refractivity contribution in [3.63, 3.8) is 0 Å². The number of ether oxygens (including phenoxy) is 1. The summed E-state index contributed by atoms with van der Waals surface area (Å²) in [6.07, 6.45) is 4.95. The summed E-state index contributed by atoms with van der Waals surface area (Å²) in [6.45, 7) is 5.69.